The summed E-state index contributed by atoms with van der Waals surface area (Å²) in [6, 6.07) is 1.89. The predicted octanol–water partition coefficient (Wildman–Crippen LogP) is 3.27. The Morgan fingerprint density at radius 3 is 2.76 bits per heavy atom. The molecule has 1 saturated heterocycles. The van der Waals surface area contributed by atoms with Crippen LogP contribution in [0.3, 0.4) is 0 Å². The van der Waals surface area contributed by atoms with Crippen LogP contribution in [0.15, 0.2) is 12.3 Å². The lowest BCUT2D eigenvalue weighted by Crippen LogP contribution is -2.50. The Balaban J connectivity index is 1.63. The van der Waals surface area contributed by atoms with Gasteiger partial charge in [0.05, 0.1) is 10.0 Å². The number of nitrogens with one attached hydrogen (secondary N) is 1. The maximum absolute atomic E-state index is 12.1. The molecule has 0 radical (unpaired) electrons. The molecule has 0 spiro atoms. The van der Waals surface area contributed by atoms with Gasteiger partial charge < -0.3 is 10.2 Å². The van der Waals surface area contributed by atoms with Crippen molar-refractivity contribution < 1.29 is 4.79 Å². The molecule has 21 heavy (non-hydrogen) atoms. The first-order valence-electron chi connectivity index (χ1n) is 7.50. The molecule has 6 heteroatoms. The minimum absolute atomic E-state index is 0.181. The molecule has 1 aromatic heterocycles. The number of piperidine rings is 1. The van der Waals surface area contributed by atoms with Crippen LogP contribution in [0.5, 0.6) is 0 Å². The van der Waals surface area contributed by atoms with Gasteiger partial charge in [-0.2, -0.15) is 0 Å². The van der Waals surface area contributed by atoms with Gasteiger partial charge >= 0.3 is 0 Å². The molecule has 1 aliphatic heterocycles. The Labute approximate surface area is 134 Å². The first-order valence-corrected chi connectivity index (χ1v) is 8.25. The topological polar surface area (TPSA) is 45.2 Å². The van der Waals surface area contributed by atoms with E-state index in [1.54, 1.807) is 12.3 Å². The van der Waals surface area contributed by atoms with Crippen molar-refractivity contribution in [1.29, 1.82) is 0 Å². The lowest BCUT2D eigenvalue weighted by Gasteiger charge is -2.35. The van der Waals surface area contributed by atoms with Crippen LogP contribution in [0.2, 0.25) is 10.0 Å². The van der Waals surface area contributed by atoms with Crippen molar-refractivity contribution in [2.45, 2.75) is 38.1 Å². The van der Waals surface area contributed by atoms with E-state index < -0.39 is 0 Å². The van der Waals surface area contributed by atoms with Gasteiger partial charge in [0, 0.05) is 31.2 Å². The minimum atomic E-state index is 0.181. The van der Waals surface area contributed by atoms with Crippen molar-refractivity contribution in [2.24, 2.45) is 5.92 Å². The molecule has 1 saturated carbocycles. The van der Waals surface area contributed by atoms with Crippen molar-refractivity contribution in [3.05, 3.63) is 22.3 Å². The lowest BCUT2D eigenvalue weighted by molar-refractivity contribution is -0.128. The van der Waals surface area contributed by atoms with Crippen LogP contribution in [-0.2, 0) is 4.79 Å². The SMILES string of the molecule is O=C(NC1CCCN(c2ncc(Cl)cc2Cl)C1)C1CCC1. The van der Waals surface area contributed by atoms with E-state index in [1.807, 2.05) is 0 Å². The van der Waals surface area contributed by atoms with E-state index in [2.05, 4.69) is 15.2 Å². The van der Waals surface area contributed by atoms with Crippen LogP contribution in [0, 0.1) is 5.92 Å². The summed E-state index contributed by atoms with van der Waals surface area (Å²) in [5.41, 5.74) is 0. The number of amides is 1. The predicted molar refractivity (Wildman–Crippen MR) is 85.0 cm³/mol. The highest BCUT2D eigenvalue weighted by molar-refractivity contribution is 6.36. The Bertz CT molecular complexity index is 534. The van der Waals surface area contributed by atoms with Gasteiger partial charge in [-0.05, 0) is 31.7 Å². The van der Waals surface area contributed by atoms with Gasteiger partial charge in [-0.1, -0.05) is 29.6 Å². The van der Waals surface area contributed by atoms with E-state index in [-0.39, 0.29) is 17.9 Å². The van der Waals surface area contributed by atoms with Gasteiger partial charge in [0.2, 0.25) is 5.91 Å². The minimum Gasteiger partial charge on any atom is -0.353 e. The number of hydrogen-bond acceptors (Lipinski definition) is 3. The summed E-state index contributed by atoms with van der Waals surface area (Å²) in [6.45, 7) is 1.66. The Morgan fingerprint density at radius 1 is 1.29 bits per heavy atom. The summed E-state index contributed by atoms with van der Waals surface area (Å²) >= 11 is 12.1. The monoisotopic (exact) mass is 327 g/mol. The average molecular weight is 328 g/mol. The summed E-state index contributed by atoms with van der Waals surface area (Å²) < 4.78 is 0. The zero-order valence-electron chi connectivity index (χ0n) is 11.8. The largest absolute Gasteiger partial charge is 0.353 e. The second kappa shape index (κ2) is 6.41. The summed E-state index contributed by atoms with van der Waals surface area (Å²) in [6.07, 6.45) is 6.90. The van der Waals surface area contributed by atoms with E-state index in [1.165, 1.54) is 6.42 Å². The summed E-state index contributed by atoms with van der Waals surface area (Å²) in [5.74, 6) is 1.20. The maximum Gasteiger partial charge on any atom is 0.223 e. The van der Waals surface area contributed by atoms with Crippen molar-refractivity contribution in [3.8, 4) is 0 Å². The molecule has 1 N–H and O–H groups in total. The molecule has 3 rings (SSSR count). The van der Waals surface area contributed by atoms with Gasteiger partial charge in [0.25, 0.3) is 0 Å². The highest BCUT2D eigenvalue weighted by Gasteiger charge is 2.29. The maximum atomic E-state index is 12.1. The summed E-state index contributed by atoms with van der Waals surface area (Å²) in [7, 11) is 0. The van der Waals surface area contributed by atoms with Crippen LogP contribution in [0.1, 0.15) is 32.1 Å². The molecule has 1 unspecified atom stereocenters. The molecule has 0 aromatic carbocycles. The van der Waals surface area contributed by atoms with E-state index in [0.717, 1.165) is 44.6 Å². The van der Waals surface area contributed by atoms with Gasteiger partial charge in [-0.25, -0.2) is 4.98 Å². The number of carbonyl (C=O) groups excluding carboxylic acids is 1. The number of pyridine rings is 1. The van der Waals surface area contributed by atoms with Crippen molar-refractivity contribution in [3.63, 3.8) is 0 Å². The quantitative estimate of drug-likeness (QED) is 0.926. The van der Waals surface area contributed by atoms with Gasteiger partial charge in [-0.15, -0.1) is 0 Å². The third-order valence-corrected chi connectivity index (χ3v) is 4.82. The molecular weight excluding hydrogens is 309 g/mol. The number of anilines is 1. The van der Waals surface area contributed by atoms with Crippen LogP contribution in [-0.4, -0.2) is 30.0 Å². The molecule has 2 aliphatic rings. The number of hydrogen-bond donors (Lipinski definition) is 1. The first kappa shape index (κ1) is 14.9. The standard InChI is InChI=1S/C15H19Cl2N3O/c16-11-7-13(17)14(18-8-11)20-6-2-5-12(9-20)19-15(21)10-3-1-4-10/h7-8,10,12H,1-6,9H2,(H,19,21). The molecule has 0 bridgehead atoms. The van der Waals surface area contributed by atoms with E-state index in [0.29, 0.717) is 10.0 Å². The first-order chi connectivity index (χ1) is 10.1. The Kier molecular flexibility index (Phi) is 4.55. The third-order valence-electron chi connectivity index (χ3n) is 4.33. The number of rotatable bonds is 3. The molecule has 2 fully saturated rings. The molecule has 2 heterocycles. The number of nitrogens with zero attached hydrogens (tertiary/aromatic N) is 2. The van der Waals surface area contributed by atoms with Crippen molar-refractivity contribution in [1.82, 2.24) is 10.3 Å². The highest BCUT2D eigenvalue weighted by atomic mass is 35.5. The van der Waals surface area contributed by atoms with Crippen LogP contribution in [0.4, 0.5) is 5.82 Å². The van der Waals surface area contributed by atoms with Gasteiger partial charge in [0.1, 0.15) is 5.82 Å². The van der Waals surface area contributed by atoms with E-state index >= 15 is 0 Å². The average Bonchev–Trinajstić information content (AvgIpc) is 2.36. The van der Waals surface area contributed by atoms with E-state index in [9.17, 15) is 4.79 Å². The fourth-order valence-corrected chi connectivity index (χ4v) is 3.42. The molecule has 1 aromatic rings. The third kappa shape index (κ3) is 3.43. The second-order valence-electron chi connectivity index (χ2n) is 5.88. The van der Waals surface area contributed by atoms with Crippen LogP contribution < -0.4 is 10.2 Å². The molecule has 1 amide bonds. The second-order valence-corrected chi connectivity index (χ2v) is 6.72. The van der Waals surface area contributed by atoms with Crippen LogP contribution in [0.25, 0.3) is 0 Å². The fraction of sp³-hybridized carbons (Fsp3) is 0.600. The summed E-state index contributed by atoms with van der Waals surface area (Å²) in [4.78, 5) is 18.5. The van der Waals surface area contributed by atoms with Gasteiger partial charge in [-0.3, -0.25) is 4.79 Å². The van der Waals surface area contributed by atoms with E-state index in [4.69, 9.17) is 23.2 Å². The zero-order valence-corrected chi connectivity index (χ0v) is 13.3. The highest BCUT2D eigenvalue weighted by Crippen LogP contribution is 2.29. The number of halogens is 2. The molecular formula is C15H19Cl2N3O. The fourth-order valence-electron chi connectivity index (χ4n) is 2.92. The lowest BCUT2D eigenvalue weighted by atomic mass is 9.84. The van der Waals surface area contributed by atoms with Crippen LogP contribution >= 0.6 is 23.2 Å². The molecule has 1 atom stereocenters. The van der Waals surface area contributed by atoms with Gasteiger partial charge in [0.15, 0.2) is 0 Å². The zero-order chi connectivity index (χ0) is 14.8. The normalized spacial score (nSPS) is 22.8. The van der Waals surface area contributed by atoms with Crippen molar-refractivity contribution in [2.75, 3.05) is 18.0 Å². The summed E-state index contributed by atoms with van der Waals surface area (Å²) in [5, 5.41) is 4.27. The smallest absolute Gasteiger partial charge is 0.223 e. The molecule has 1 aliphatic carbocycles. The molecule has 4 nitrogen and oxygen atoms in total. The number of aromatic nitrogens is 1. The van der Waals surface area contributed by atoms with Crippen molar-refractivity contribution >= 4 is 34.9 Å². The number of carbonyl (C=O) groups is 1. The molecule has 114 valence electrons. The Hall–Kier alpha value is -1.000. The Morgan fingerprint density at radius 2 is 2.10 bits per heavy atom.